The topological polar surface area (TPSA) is 101 Å². The maximum absolute atomic E-state index is 12.9. The van der Waals surface area contributed by atoms with Gasteiger partial charge in [0.05, 0.1) is 6.10 Å². The first-order chi connectivity index (χ1) is 13.9. The molecule has 0 aromatic rings. The van der Waals surface area contributed by atoms with Gasteiger partial charge in [0.2, 0.25) is 5.78 Å². The SMILES string of the molecule is CC(=O)OCC(=O)[C@]1(O)CC[C@@H]2[C@H]3C[C@@H](C)C4=CC(=O)CC[C@]4(C)[C@@H]3[C@H](O)C[C@]21C. The molecular weight excluding hydrogens is 384 g/mol. The Kier molecular flexibility index (Phi) is 5.06. The van der Waals surface area contributed by atoms with Gasteiger partial charge in [0.15, 0.2) is 12.4 Å². The van der Waals surface area contributed by atoms with Crippen LogP contribution in [0, 0.1) is 34.5 Å². The number of esters is 1. The lowest BCUT2D eigenvalue weighted by Crippen LogP contribution is -2.62. The molecule has 3 saturated carbocycles. The van der Waals surface area contributed by atoms with Crippen LogP contribution in [0.15, 0.2) is 11.6 Å². The van der Waals surface area contributed by atoms with E-state index in [2.05, 4.69) is 13.8 Å². The summed E-state index contributed by atoms with van der Waals surface area (Å²) in [7, 11) is 0. The van der Waals surface area contributed by atoms with Crippen LogP contribution in [0.1, 0.15) is 66.2 Å². The van der Waals surface area contributed by atoms with Gasteiger partial charge in [0.1, 0.15) is 5.60 Å². The lowest BCUT2D eigenvalue weighted by Gasteiger charge is -2.61. The highest BCUT2D eigenvalue weighted by Crippen LogP contribution is 2.68. The lowest BCUT2D eigenvalue weighted by molar-refractivity contribution is -0.186. The summed E-state index contributed by atoms with van der Waals surface area (Å²) in [5.74, 6) is -0.287. The van der Waals surface area contributed by atoms with Crippen molar-refractivity contribution in [3.63, 3.8) is 0 Å². The Balaban J connectivity index is 1.69. The molecule has 0 spiro atoms. The van der Waals surface area contributed by atoms with Gasteiger partial charge in [-0.25, -0.2) is 0 Å². The number of hydrogen-bond acceptors (Lipinski definition) is 6. The number of ether oxygens (including phenoxy) is 1. The standard InChI is InChI=1S/C24H34O6/c1-13-9-16-17-6-8-24(29,20(28)12-30-14(2)25)23(17,4)11-19(27)21(16)22(3)7-5-15(26)10-18(13)22/h10,13,16-17,19,21,27,29H,5-9,11-12H2,1-4H3/t13-,16-,17-,19-,21+,22+,23-,24-/m1/s1. The average molecular weight is 419 g/mol. The molecule has 0 heterocycles. The smallest absolute Gasteiger partial charge is 0.303 e. The van der Waals surface area contributed by atoms with E-state index in [4.69, 9.17) is 4.74 Å². The summed E-state index contributed by atoms with van der Waals surface area (Å²) in [5.41, 5.74) is -1.41. The molecule has 30 heavy (non-hydrogen) atoms. The van der Waals surface area contributed by atoms with Crippen LogP contribution in [0.2, 0.25) is 0 Å². The Hall–Kier alpha value is -1.53. The summed E-state index contributed by atoms with van der Waals surface area (Å²) >= 11 is 0. The van der Waals surface area contributed by atoms with Crippen molar-refractivity contribution < 1.29 is 29.3 Å². The van der Waals surface area contributed by atoms with Crippen LogP contribution in [0.3, 0.4) is 0 Å². The first-order valence-corrected chi connectivity index (χ1v) is 11.3. The largest absolute Gasteiger partial charge is 0.458 e. The van der Waals surface area contributed by atoms with Crippen molar-refractivity contribution in [1.29, 1.82) is 0 Å². The molecule has 6 heteroatoms. The highest BCUT2D eigenvalue weighted by Gasteiger charge is 2.68. The minimum absolute atomic E-state index is 0.0250. The Labute approximate surface area is 178 Å². The second kappa shape index (κ2) is 6.99. The molecule has 0 saturated heterocycles. The molecule has 4 aliphatic carbocycles. The number of carbonyl (C=O) groups excluding carboxylic acids is 3. The fourth-order valence-electron chi connectivity index (χ4n) is 7.87. The second-order valence-electron chi connectivity index (χ2n) is 10.7. The third kappa shape index (κ3) is 2.86. The fourth-order valence-corrected chi connectivity index (χ4v) is 7.87. The Bertz CT molecular complexity index is 817. The van der Waals surface area contributed by atoms with Gasteiger partial charge in [-0.1, -0.05) is 26.3 Å². The third-order valence-corrected chi connectivity index (χ3v) is 9.23. The van der Waals surface area contributed by atoms with E-state index in [-0.39, 0.29) is 34.9 Å². The molecular formula is C24H34O6. The monoisotopic (exact) mass is 418 g/mol. The Morgan fingerprint density at radius 3 is 2.63 bits per heavy atom. The second-order valence-corrected chi connectivity index (χ2v) is 10.7. The van der Waals surface area contributed by atoms with E-state index in [1.54, 1.807) is 0 Å². The van der Waals surface area contributed by atoms with Crippen molar-refractivity contribution in [3.8, 4) is 0 Å². The van der Waals surface area contributed by atoms with E-state index in [9.17, 15) is 24.6 Å². The summed E-state index contributed by atoms with van der Waals surface area (Å²) in [6, 6.07) is 0. The number of allylic oxidation sites excluding steroid dienone is 1. The Morgan fingerprint density at radius 2 is 1.97 bits per heavy atom. The van der Waals surface area contributed by atoms with Gasteiger partial charge in [-0.3, -0.25) is 14.4 Å². The van der Waals surface area contributed by atoms with Gasteiger partial charge >= 0.3 is 5.97 Å². The van der Waals surface area contributed by atoms with E-state index in [0.717, 1.165) is 12.8 Å². The van der Waals surface area contributed by atoms with Crippen molar-refractivity contribution in [3.05, 3.63) is 11.6 Å². The van der Waals surface area contributed by atoms with E-state index < -0.39 is 35.5 Å². The lowest BCUT2D eigenvalue weighted by atomic mass is 9.44. The number of aliphatic hydroxyl groups is 2. The van der Waals surface area contributed by atoms with Gasteiger partial charge < -0.3 is 14.9 Å². The van der Waals surface area contributed by atoms with E-state index in [1.807, 2.05) is 13.0 Å². The van der Waals surface area contributed by atoms with E-state index >= 15 is 0 Å². The predicted octanol–water partition coefficient (Wildman–Crippen LogP) is 2.60. The van der Waals surface area contributed by atoms with Gasteiger partial charge in [0, 0.05) is 18.8 Å². The first-order valence-electron chi connectivity index (χ1n) is 11.3. The molecule has 0 radical (unpaired) electrons. The van der Waals surface area contributed by atoms with E-state index in [0.29, 0.717) is 25.7 Å². The summed E-state index contributed by atoms with van der Waals surface area (Å²) in [5, 5.41) is 22.9. The van der Waals surface area contributed by atoms with Crippen LogP contribution < -0.4 is 0 Å². The van der Waals surface area contributed by atoms with Gasteiger partial charge in [-0.15, -0.1) is 0 Å². The number of fused-ring (bicyclic) bond motifs is 5. The summed E-state index contributed by atoms with van der Waals surface area (Å²) in [6.07, 6.45) is 4.66. The molecule has 0 unspecified atom stereocenters. The van der Waals surface area contributed by atoms with Crippen LogP contribution >= 0.6 is 0 Å². The van der Waals surface area contributed by atoms with Crippen molar-refractivity contribution in [1.82, 2.24) is 0 Å². The van der Waals surface area contributed by atoms with Gasteiger partial charge in [-0.2, -0.15) is 0 Å². The normalized spacial score (nSPS) is 47.6. The van der Waals surface area contributed by atoms with Crippen molar-refractivity contribution >= 4 is 17.5 Å². The zero-order valence-corrected chi connectivity index (χ0v) is 18.4. The minimum Gasteiger partial charge on any atom is -0.458 e. The van der Waals surface area contributed by atoms with Crippen LogP contribution in [0.5, 0.6) is 0 Å². The highest BCUT2D eigenvalue weighted by molar-refractivity contribution is 5.92. The van der Waals surface area contributed by atoms with Gasteiger partial charge in [0.25, 0.3) is 0 Å². The molecule has 0 aliphatic heterocycles. The first kappa shape index (κ1) is 21.7. The number of Topliss-reactive ketones (excluding diaryl/α,β-unsaturated/α-hetero) is 1. The fraction of sp³-hybridized carbons (Fsp3) is 0.792. The van der Waals surface area contributed by atoms with Gasteiger partial charge in [-0.05, 0) is 67.3 Å². The highest BCUT2D eigenvalue weighted by atomic mass is 16.5. The predicted molar refractivity (Wildman–Crippen MR) is 109 cm³/mol. The molecule has 0 aromatic heterocycles. The van der Waals surface area contributed by atoms with E-state index in [1.165, 1.54) is 12.5 Å². The third-order valence-electron chi connectivity index (χ3n) is 9.23. The summed E-state index contributed by atoms with van der Waals surface area (Å²) < 4.78 is 4.90. The maximum atomic E-state index is 12.9. The van der Waals surface area contributed by atoms with Crippen LogP contribution in [0.25, 0.3) is 0 Å². The number of aliphatic hydroxyl groups excluding tert-OH is 1. The number of hydrogen-bond donors (Lipinski definition) is 2. The minimum atomic E-state index is -1.60. The molecule has 4 rings (SSSR count). The average Bonchev–Trinajstić information content (AvgIpc) is 2.93. The number of rotatable bonds is 3. The molecule has 8 atom stereocenters. The Morgan fingerprint density at radius 1 is 1.27 bits per heavy atom. The van der Waals surface area contributed by atoms with Crippen molar-refractivity contribution in [2.75, 3.05) is 6.61 Å². The van der Waals surface area contributed by atoms with Crippen LogP contribution in [-0.4, -0.2) is 46.1 Å². The summed E-state index contributed by atoms with van der Waals surface area (Å²) in [4.78, 5) is 36.2. The van der Waals surface area contributed by atoms with Crippen LogP contribution in [0.4, 0.5) is 0 Å². The number of carbonyl (C=O) groups is 3. The molecule has 166 valence electrons. The summed E-state index contributed by atoms with van der Waals surface area (Å²) in [6.45, 7) is 7.09. The maximum Gasteiger partial charge on any atom is 0.303 e. The molecule has 2 N–H and O–H groups in total. The molecule has 0 aromatic carbocycles. The zero-order chi connectivity index (χ0) is 22.1. The number of ketones is 2. The quantitative estimate of drug-likeness (QED) is 0.683. The molecule has 0 bridgehead atoms. The zero-order valence-electron chi connectivity index (χ0n) is 18.4. The molecule has 4 aliphatic rings. The van der Waals surface area contributed by atoms with Crippen molar-refractivity contribution in [2.24, 2.45) is 34.5 Å². The molecule has 6 nitrogen and oxygen atoms in total. The molecule has 3 fully saturated rings. The van der Waals surface area contributed by atoms with Crippen LogP contribution in [-0.2, 0) is 19.1 Å². The molecule has 0 amide bonds. The van der Waals surface area contributed by atoms with Crippen molar-refractivity contribution in [2.45, 2.75) is 77.9 Å².